The number of nitrogens with zero attached hydrogens (tertiary/aromatic N) is 2. The number of guanidine groups is 1. The highest BCUT2D eigenvalue weighted by Gasteiger charge is 2.09. The predicted octanol–water partition coefficient (Wildman–Crippen LogP) is 1.23. The lowest BCUT2D eigenvalue weighted by Gasteiger charge is -2.22. The first kappa shape index (κ1) is 21.1. The molecule has 0 fully saturated rings. The Kier molecular flexibility index (Phi) is 8.56. The topological polar surface area (TPSA) is 83.0 Å². The Balaban J connectivity index is 2.49. The molecule has 0 heterocycles. The van der Waals surface area contributed by atoms with E-state index in [2.05, 4.69) is 19.8 Å². The van der Waals surface area contributed by atoms with Crippen LogP contribution in [-0.4, -0.2) is 58.8 Å². The van der Waals surface area contributed by atoms with E-state index in [4.69, 9.17) is 0 Å². The predicted molar refractivity (Wildman–Crippen MR) is 93.4 cm³/mol. The zero-order chi connectivity index (χ0) is 18.9. The highest BCUT2D eigenvalue weighted by Crippen LogP contribution is 2.15. The van der Waals surface area contributed by atoms with E-state index in [9.17, 15) is 17.2 Å². The molecule has 1 aromatic rings. The van der Waals surface area contributed by atoms with Crippen LogP contribution in [-0.2, 0) is 16.6 Å². The lowest BCUT2D eigenvalue weighted by atomic mass is 10.2. The molecule has 142 valence electrons. The summed E-state index contributed by atoms with van der Waals surface area (Å²) in [5.41, 5.74) is 0.888. The van der Waals surface area contributed by atoms with Crippen LogP contribution in [0, 0.1) is 0 Å². The van der Waals surface area contributed by atoms with Crippen molar-refractivity contribution in [2.24, 2.45) is 4.99 Å². The monoisotopic (exact) mass is 378 g/mol. The van der Waals surface area contributed by atoms with E-state index in [0.29, 0.717) is 19.0 Å². The van der Waals surface area contributed by atoms with Crippen molar-refractivity contribution in [3.63, 3.8) is 0 Å². The number of sulfonamides is 1. The van der Waals surface area contributed by atoms with Gasteiger partial charge in [0.1, 0.15) is 5.75 Å². The number of alkyl halides is 2. The highest BCUT2D eigenvalue weighted by molar-refractivity contribution is 7.89. The Morgan fingerprint density at radius 3 is 2.44 bits per heavy atom. The van der Waals surface area contributed by atoms with Crippen LogP contribution in [0.3, 0.4) is 0 Å². The summed E-state index contributed by atoms with van der Waals surface area (Å²) >= 11 is 0. The molecule has 0 atom stereocenters. The second-order valence-electron chi connectivity index (χ2n) is 5.15. The van der Waals surface area contributed by atoms with E-state index in [1.165, 1.54) is 12.1 Å². The Morgan fingerprint density at radius 1 is 1.28 bits per heavy atom. The average molecular weight is 378 g/mol. The van der Waals surface area contributed by atoms with Crippen molar-refractivity contribution in [2.75, 3.05) is 32.9 Å². The van der Waals surface area contributed by atoms with E-state index in [-0.39, 0.29) is 18.0 Å². The second-order valence-corrected chi connectivity index (χ2v) is 7.25. The summed E-state index contributed by atoms with van der Waals surface area (Å²) in [5.74, 6) is 0.725. The molecule has 25 heavy (non-hydrogen) atoms. The van der Waals surface area contributed by atoms with Gasteiger partial charge in [-0.3, -0.25) is 4.99 Å². The van der Waals surface area contributed by atoms with Gasteiger partial charge in [0.15, 0.2) is 5.96 Å². The van der Waals surface area contributed by atoms with Crippen LogP contribution in [0.15, 0.2) is 29.3 Å². The Labute approximate surface area is 147 Å². The van der Waals surface area contributed by atoms with Gasteiger partial charge in [0.2, 0.25) is 10.0 Å². The SMILES string of the molecule is CCS(=O)(=O)NCCNC(=NC)N(C)Cc1ccc(OC(F)F)cc1. The number of halogens is 2. The first-order chi connectivity index (χ1) is 11.8. The molecule has 0 aliphatic carbocycles. The number of ether oxygens (including phenoxy) is 1. The van der Waals surface area contributed by atoms with Crippen molar-refractivity contribution in [3.05, 3.63) is 29.8 Å². The van der Waals surface area contributed by atoms with Crippen LogP contribution < -0.4 is 14.8 Å². The molecule has 0 aliphatic rings. The minimum absolute atomic E-state index is 0.0346. The maximum absolute atomic E-state index is 12.1. The minimum Gasteiger partial charge on any atom is -0.435 e. The molecule has 0 spiro atoms. The van der Waals surface area contributed by atoms with Crippen molar-refractivity contribution in [1.29, 1.82) is 0 Å². The van der Waals surface area contributed by atoms with E-state index >= 15 is 0 Å². The lowest BCUT2D eigenvalue weighted by Crippen LogP contribution is -2.42. The van der Waals surface area contributed by atoms with Gasteiger partial charge in [0, 0.05) is 33.7 Å². The third kappa shape index (κ3) is 8.12. The standard InChI is InChI=1S/C15H24F2N4O3S/c1-4-25(22,23)20-10-9-19-15(18-2)21(3)11-12-5-7-13(8-6-12)24-14(16)17/h5-8,14,20H,4,9-11H2,1-3H3,(H,18,19). The van der Waals surface area contributed by atoms with Gasteiger partial charge in [0.25, 0.3) is 0 Å². The summed E-state index contributed by atoms with van der Waals surface area (Å²) in [6.07, 6.45) is 0. The molecule has 0 aliphatic heterocycles. The molecule has 0 saturated carbocycles. The molecule has 0 unspecified atom stereocenters. The normalized spacial score (nSPS) is 12.3. The molecule has 1 rings (SSSR count). The fourth-order valence-corrected chi connectivity index (χ4v) is 2.61. The molecule has 0 amide bonds. The van der Waals surface area contributed by atoms with E-state index in [1.807, 2.05) is 11.9 Å². The summed E-state index contributed by atoms with van der Waals surface area (Å²) in [7, 11) is 0.220. The van der Waals surface area contributed by atoms with Crippen molar-refractivity contribution in [1.82, 2.24) is 14.9 Å². The van der Waals surface area contributed by atoms with Gasteiger partial charge >= 0.3 is 6.61 Å². The number of rotatable bonds is 9. The average Bonchev–Trinajstić information content (AvgIpc) is 2.56. The largest absolute Gasteiger partial charge is 0.435 e. The number of aliphatic imine (C=N–C) groups is 1. The molecular weight excluding hydrogens is 354 g/mol. The van der Waals surface area contributed by atoms with Crippen molar-refractivity contribution < 1.29 is 21.9 Å². The van der Waals surface area contributed by atoms with Crippen LogP contribution in [0.2, 0.25) is 0 Å². The molecule has 0 bridgehead atoms. The summed E-state index contributed by atoms with van der Waals surface area (Å²) in [6, 6.07) is 6.34. The van der Waals surface area contributed by atoms with Gasteiger partial charge in [-0.25, -0.2) is 13.1 Å². The number of hydrogen-bond donors (Lipinski definition) is 2. The second kappa shape index (κ2) is 10.1. The molecule has 7 nitrogen and oxygen atoms in total. The highest BCUT2D eigenvalue weighted by atomic mass is 32.2. The maximum atomic E-state index is 12.1. The van der Waals surface area contributed by atoms with Crippen molar-refractivity contribution >= 4 is 16.0 Å². The summed E-state index contributed by atoms with van der Waals surface area (Å²) in [4.78, 5) is 5.96. The number of nitrogens with one attached hydrogen (secondary N) is 2. The van der Waals surface area contributed by atoms with Crippen molar-refractivity contribution in [3.8, 4) is 5.75 Å². The number of benzene rings is 1. The third-order valence-electron chi connectivity index (χ3n) is 3.25. The summed E-state index contributed by atoms with van der Waals surface area (Å²) in [6.45, 7) is -0.142. The van der Waals surface area contributed by atoms with Crippen LogP contribution in [0.5, 0.6) is 5.75 Å². The van der Waals surface area contributed by atoms with Gasteiger partial charge in [-0.15, -0.1) is 0 Å². The Morgan fingerprint density at radius 2 is 1.92 bits per heavy atom. The Bertz CT molecular complexity index is 651. The van der Waals surface area contributed by atoms with Gasteiger partial charge < -0.3 is 15.0 Å². The maximum Gasteiger partial charge on any atom is 0.387 e. The van der Waals surface area contributed by atoms with Crippen LogP contribution in [0.1, 0.15) is 12.5 Å². The van der Waals surface area contributed by atoms with Crippen molar-refractivity contribution in [2.45, 2.75) is 20.1 Å². The summed E-state index contributed by atoms with van der Waals surface area (Å²) < 4.78 is 53.7. The lowest BCUT2D eigenvalue weighted by molar-refractivity contribution is -0.0498. The van der Waals surface area contributed by atoms with E-state index in [0.717, 1.165) is 5.56 Å². The molecule has 0 saturated heterocycles. The fraction of sp³-hybridized carbons (Fsp3) is 0.533. The molecule has 0 aromatic heterocycles. The van der Waals surface area contributed by atoms with Gasteiger partial charge in [-0.2, -0.15) is 8.78 Å². The van der Waals surface area contributed by atoms with E-state index < -0.39 is 16.6 Å². The van der Waals surface area contributed by atoms with Crippen LogP contribution in [0.4, 0.5) is 8.78 Å². The molecule has 10 heteroatoms. The van der Waals surface area contributed by atoms with Gasteiger partial charge in [0.05, 0.1) is 5.75 Å². The van der Waals surface area contributed by atoms with Crippen LogP contribution in [0.25, 0.3) is 0 Å². The summed E-state index contributed by atoms with van der Waals surface area (Å²) in [5, 5.41) is 3.05. The minimum atomic E-state index is -3.21. The molecule has 2 N–H and O–H groups in total. The third-order valence-corrected chi connectivity index (χ3v) is 4.66. The number of hydrogen-bond acceptors (Lipinski definition) is 4. The molecule has 1 aromatic carbocycles. The van der Waals surface area contributed by atoms with Gasteiger partial charge in [-0.1, -0.05) is 12.1 Å². The van der Waals surface area contributed by atoms with E-state index in [1.54, 1.807) is 26.1 Å². The first-order valence-electron chi connectivity index (χ1n) is 7.70. The van der Waals surface area contributed by atoms with Crippen LogP contribution >= 0.6 is 0 Å². The quantitative estimate of drug-likeness (QED) is 0.384. The smallest absolute Gasteiger partial charge is 0.387 e. The zero-order valence-electron chi connectivity index (χ0n) is 14.5. The Hall–Kier alpha value is -1.94. The zero-order valence-corrected chi connectivity index (χ0v) is 15.3. The van der Waals surface area contributed by atoms with Gasteiger partial charge in [-0.05, 0) is 24.6 Å². The first-order valence-corrected chi connectivity index (χ1v) is 9.35. The molecular formula is C15H24F2N4O3S. The fourth-order valence-electron chi connectivity index (χ4n) is 1.99. The molecule has 0 radical (unpaired) electrons.